The van der Waals surface area contributed by atoms with Crippen LogP contribution in [0.15, 0.2) is 73.6 Å². The van der Waals surface area contributed by atoms with Crippen LogP contribution in [-0.2, 0) is 4.79 Å². The molecule has 2 atom stereocenters. The fourth-order valence-corrected chi connectivity index (χ4v) is 4.54. The predicted molar refractivity (Wildman–Crippen MR) is 147 cm³/mol. The first kappa shape index (κ1) is 27.0. The number of pyridine rings is 1. The van der Waals surface area contributed by atoms with E-state index in [4.69, 9.17) is 5.11 Å². The molecule has 2 unspecified atom stereocenters. The Kier molecular flexibility index (Phi) is 7.89. The molecule has 0 radical (unpaired) electrons. The zero-order valence-corrected chi connectivity index (χ0v) is 21.3. The van der Waals surface area contributed by atoms with Crippen molar-refractivity contribution in [1.29, 1.82) is 0 Å². The Morgan fingerprint density at radius 2 is 1.90 bits per heavy atom. The van der Waals surface area contributed by atoms with Crippen LogP contribution in [0, 0.1) is 5.82 Å². The topological polar surface area (TPSA) is 107 Å². The molecule has 4 aromatic rings. The Morgan fingerprint density at radius 3 is 2.65 bits per heavy atom. The third-order valence-electron chi connectivity index (χ3n) is 6.53. The second-order valence-electron chi connectivity index (χ2n) is 9.05. The number of carbonyl (C=O) groups excluding carboxylic acids is 1. The number of β-amino-alcohol motifs (C(OH)–C–C–N with tert-alkyl or cyclic N) is 1. The molecule has 40 heavy (non-hydrogen) atoms. The number of aliphatic hydroxyl groups excluding tert-OH is 1. The van der Waals surface area contributed by atoms with Gasteiger partial charge in [-0.15, -0.1) is 0 Å². The molecule has 1 aliphatic rings. The second kappa shape index (κ2) is 11.7. The second-order valence-corrected chi connectivity index (χ2v) is 9.05. The highest BCUT2D eigenvalue weighted by atomic mass is 19.2. The standard InChI is InChI=1S/C28H26F3N7O2/c1-2-23(40)35-22-15-17(9-10-32-22)24-21(29)8-3-18-16-33-28(36-25(18)24)34-19-4-6-20(7-5-19)38-12-11-37(13-14-39)26(30)27(38)31/h2-10,15-16,26-27,39H,1,11-14H2,(H,32,35,40)(H,33,34,36). The highest BCUT2D eigenvalue weighted by Crippen LogP contribution is 2.32. The van der Waals surface area contributed by atoms with E-state index < -0.39 is 24.3 Å². The number of rotatable bonds is 8. The largest absolute Gasteiger partial charge is 0.395 e. The van der Waals surface area contributed by atoms with Gasteiger partial charge in [-0.05, 0) is 60.2 Å². The quantitative estimate of drug-likeness (QED) is 0.219. The molecule has 1 saturated heterocycles. The number of aromatic nitrogens is 3. The van der Waals surface area contributed by atoms with E-state index in [2.05, 4.69) is 32.2 Å². The van der Waals surface area contributed by atoms with Gasteiger partial charge in [-0.3, -0.25) is 9.69 Å². The molecule has 0 aliphatic carbocycles. The van der Waals surface area contributed by atoms with Crippen molar-refractivity contribution in [2.75, 3.05) is 41.8 Å². The van der Waals surface area contributed by atoms with Crippen LogP contribution >= 0.6 is 0 Å². The van der Waals surface area contributed by atoms with Crippen LogP contribution in [0.2, 0.25) is 0 Å². The zero-order valence-electron chi connectivity index (χ0n) is 21.3. The summed E-state index contributed by atoms with van der Waals surface area (Å²) in [6.45, 7) is 3.80. The summed E-state index contributed by atoms with van der Waals surface area (Å²) < 4.78 is 44.3. The Hall–Kier alpha value is -4.55. The number of nitrogens with one attached hydrogen (secondary N) is 2. The number of fused-ring (bicyclic) bond motifs is 1. The lowest BCUT2D eigenvalue weighted by molar-refractivity contribution is -0.111. The van der Waals surface area contributed by atoms with Crippen molar-refractivity contribution in [2.45, 2.75) is 12.6 Å². The summed E-state index contributed by atoms with van der Waals surface area (Å²) in [5, 5.41) is 15.3. The average Bonchev–Trinajstić information content (AvgIpc) is 2.96. The molecular formula is C28H26F3N7O2. The van der Waals surface area contributed by atoms with Crippen molar-refractivity contribution >= 4 is 40.0 Å². The number of benzene rings is 2. The number of piperazine rings is 1. The molecule has 0 bridgehead atoms. The van der Waals surface area contributed by atoms with Gasteiger partial charge in [0.2, 0.25) is 24.4 Å². The summed E-state index contributed by atoms with van der Waals surface area (Å²) in [6, 6.07) is 12.7. The highest BCUT2D eigenvalue weighted by Gasteiger charge is 2.36. The molecule has 5 rings (SSSR count). The monoisotopic (exact) mass is 549 g/mol. The summed E-state index contributed by atoms with van der Waals surface area (Å²) in [5.74, 6) is -0.528. The molecule has 2 aromatic heterocycles. The number of nitrogens with zero attached hydrogens (tertiary/aromatic N) is 5. The maximum absolute atomic E-state index is 15.1. The van der Waals surface area contributed by atoms with Crippen LogP contribution < -0.4 is 15.5 Å². The van der Waals surface area contributed by atoms with Crippen molar-refractivity contribution in [3.05, 3.63) is 79.4 Å². The molecule has 1 aliphatic heterocycles. The molecule has 9 nitrogen and oxygen atoms in total. The van der Waals surface area contributed by atoms with E-state index >= 15 is 4.39 Å². The van der Waals surface area contributed by atoms with Gasteiger partial charge in [0.05, 0.1) is 12.1 Å². The molecule has 3 heterocycles. The van der Waals surface area contributed by atoms with Crippen LogP contribution in [-0.4, -0.2) is 69.7 Å². The van der Waals surface area contributed by atoms with Gasteiger partial charge in [-0.1, -0.05) is 6.58 Å². The first-order valence-electron chi connectivity index (χ1n) is 12.5. The normalized spacial score (nSPS) is 17.6. The number of carbonyl (C=O) groups is 1. The first-order chi connectivity index (χ1) is 19.4. The van der Waals surface area contributed by atoms with E-state index in [9.17, 15) is 13.6 Å². The summed E-state index contributed by atoms with van der Waals surface area (Å²) in [5.41, 5.74) is 2.11. The third kappa shape index (κ3) is 5.58. The number of anilines is 4. The van der Waals surface area contributed by atoms with Crippen LogP contribution in [0.25, 0.3) is 22.0 Å². The smallest absolute Gasteiger partial charge is 0.248 e. The Bertz CT molecular complexity index is 1540. The lowest BCUT2D eigenvalue weighted by Gasteiger charge is -2.41. The van der Waals surface area contributed by atoms with Crippen molar-refractivity contribution in [3.8, 4) is 11.1 Å². The molecule has 12 heteroatoms. The molecule has 1 fully saturated rings. The van der Waals surface area contributed by atoms with Gasteiger partial charge in [0, 0.05) is 54.4 Å². The lowest BCUT2D eigenvalue weighted by atomic mass is 10.0. The fraction of sp³-hybridized carbons (Fsp3) is 0.214. The van der Waals surface area contributed by atoms with Gasteiger partial charge in [0.1, 0.15) is 11.6 Å². The van der Waals surface area contributed by atoms with E-state index in [0.29, 0.717) is 27.8 Å². The van der Waals surface area contributed by atoms with Gasteiger partial charge in [0.15, 0.2) is 0 Å². The Balaban J connectivity index is 1.39. The SMILES string of the molecule is C=CC(=O)Nc1cc(-c2c(F)ccc3cnc(Nc4ccc(N5CCN(CCO)C(F)C5F)cc4)nc23)ccn1. The average molecular weight is 550 g/mol. The van der Waals surface area contributed by atoms with Gasteiger partial charge in [0.25, 0.3) is 0 Å². The minimum absolute atomic E-state index is 0.0733. The number of alkyl halides is 2. The number of aliphatic hydroxyl groups is 1. The van der Waals surface area contributed by atoms with Crippen molar-refractivity contribution in [1.82, 2.24) is 19.9 Å². The molecule has 0 saturated carbocycles. The van der Waals surface area contributed by atoms with E-state index in [1.54, 1.807) is 42.6 Å². The number of halogens is 3. The lowest BCUT2D eigenvalue weighted by Crippen LogP contribution is -2.56. The van der Waals surface area contributed by atoms with E-state index in [-0.39, 0.29) is 43.6 Å². The highest BCUT2D eigenvalue weighted by molar-refractivity contribution is 5.99. The minimum Gasteiger partial charge on any atom is -0.395 e. The summed E-state index contributed by atoms with van der Waals surface area (Å²) >= 11 is 0. The summed E-state index contributed by atoms with van der Waals surface area (Å²) in [7, 11) is 0. The van der Waals surface area contributed by atoms with E-state index in [0.717, 1.165) is 6.08 Å². The van der Waals surface area contributed by atoms with E-state index in [1.807, 2.05) is 0 Å². The predicted octanol–water partition coefficient (Wildman–Crippen LogP) is 4.40. The van der Waals surface area contributed by atoms with Gasteiger partial charge >= 0.3 is 0 Å². The zero-order chi connectivity index (χ0) is 28.2. The Labute approximate surface area is 228 Å². The van der Waals surface area contributed by atoms with E-state index in [1.165, 1.54) is 28.1 Å². The van der Waals surface area contributed by atoms with Crippen molar-refractivity contribution < 1.29 is 23.1 Å². The first-order valence-corrected chi connectivity index (χ1v) is 12.5. The van der Waals surface area contributed by atoms with Gasteiger partial charge in [-0.25, -0.2) is 28.1 Å². The fourth-order valence-electron chi connectivity index (χ4n) is 4.54. The third-order valence-corrected chi connectivity index (χ3v) is 6.53. The van der Waals surface area contributed by atoms with Gasteiger partial charge < -0.3 is 20.6 Å². The van der Waals surface area contributed by atoms with Crippen LogP contribution in [0.3, 0.4) is 0 Å². The molecular weight excluding hydrogens is 523 g/mol. The van der Waals surface area contributed by atoms with Gasteiger partial charge in [-0.2, -0.15) is 0 Å². The Morgan fingerprint density at radius 1 is 1.10 bits per heavy atom. The molecule has 0 spiro atoms. The number of hydrogen-bond acceptors (Lipinski definition) is 8. The van der Waals surface area contributed by atoms with Crippen molar-refractivity contribution in [3.63, 3.8) is 0 Å². The number of amides is 1. The summed E-state index contributed by atoms with van der Waals surface area (Å²) in [6.07, 6.45) is 0.416. The maximum atomic E-state index is 15.1. The molecule has 2 aromatic carbocycles. The molecule has 3 N–H and O–H groups in total. The van der Waals surface area contributed by atoms with Crippen LogP contribution in [0.5, 0.6) is 0 Å². The van der Waals surface area contributed by atoms with Crippen LogP contribution in [0.4, 0.5) is 36.3 Å². The van der Waals surface area contributed by atoms with Crippen molar-refractivity contribution in [2.24, 2.45) is 0 Å². The molecule has 1 amide bonds. The van der Waals surface area contributed by atoms with Crippen LogP contribution in [0.1, 0.15) is 0 Å². The minimum atomic E-state index is -1.87. The molecule has 206 valence electrons. The number of hydrogen-bond donors (Lipinski definition) is 3. The summed E-state index contributed by atoms with van der Waals surface area (Å²) in [4.78, 5) is 27.3. The maximum Gasteiger partial charge on any atom is 0.248 e.